The minimum Gasteiger partial charge on any atom is -1.00 e. The predicted molar refractivity (Wildman–Crippen MR) is 27.7 cm³/mol. The molecular formula is C5H13KO. The molecule has 1 N–H and O–H groups in total. The molecule has 0 aromatic carbocycles. The molecule has 0 amide bonds. The normalized spacial score (nSPS) is 8.57. The Morgan fingerprint density at radius 2 is 1.71 bits per heavy atom. The molecule has 0 spiro atoms. The van der Waals surface area contributed by atoms with Gasteiger partial charge in [-0.25, -0.2) is 0 Å². The van der Waals surface area contributed by atoms with Crippen molar-refractivity contribution in [2.75, 3.05) is 0 Å². The minimum atomic E-state index is -0.0648. The van der Waals surface area contributed by atoms with Crippen molar-refractivity contribution in [1.29, 1.82) is 0 Å². The van der Waals surface area contributed by atoms with Crippen LogP contribution in [0.15, 0.2) is 0 Å². The van der Waals surface area contributed by atoms with Crippen LogP contribution in [0, 0.1) is 0 Å². The topological polar surface area (TPSA) is 20.2 Å². The van der Waals surface area contributed by atoms with Gasteiger partial charge in [-0.05, 0) is 12.8 Å². The van der Waals surface area contributed by atoms with Gasteiger partial charge in [0.15, 0.2) is 0 Å². The second kappa shape index (κ2) is 7.60. The van der Waals surface area contributed by atoms with E-state index in [1.54, 1.807) is 0 Å². The quantitative estimate of drug-likeness (QED) is 0.439. The Labute approximate surface area is 89.4 Å². The molecule has 7 heavy (non-hydrogen) atoms. The van der Waals surface area contributed by atoms with Crippen molar-refractivity contribution < 1.29 is 57.9 Å². The van der Waals surface area contributed by atoms with Gasteiger partial charge in [0.25, 0.3) is 0 Å². The van der Waals surface area contributed by atoms with Crippen LogP contribution in [-0.2, 0) is 0 Å². The van der Waals surface area contributed by atoms with Crippen molar-refractivity contribution in [3.63, 3.8) is 0 Å². The van der Waals surface area contributed by atoms with Gasteiger partial charge in [-0.1, -0.05) is 13.8 Å². The Morgan fingerprint density at radius 1 is 1.43 bits per heavy atom. The molecule has 40 valence electrons. The first-order chi connectivity index (χ1) is 2.81. The van der Waals surface area contributed by atoms with E-state index >= 15 is 0 Å². The molecule has 0 aromatic rings. The number of aliphatic hydroxyl groups excluding tert-OH is 1. The van der Waals surface area contributed by atoms with Crippen LogP contribution in [0.1, 0.15) is 28.1 Å². The summed E-state index contributed by atoms with van der Waals surface area (Å²) in [7, 11) is 0. The van der Waals surface area contributed by atoms with Gasteiger partial charge in [0.1, 0.15) is 0 Å². The van der Waals surface area contributed by atoms with E-state index in [0.717, 1.165) is 12.8 Å². The second-order valence-corrected chi connectivity index (χ2v) is 1.47. The van der Waals surface area contributed by atoms with Crippen LogP contribution >= 0.6 is 0 Å². The van der Waals surface area contributed by atoms with Crippen molar-refractivity contribution in [2.24, 2.45) is 0 Å². The largest absolute Gasteiger partial charge is 1.00 e. The zero-order valence-electron chi connectivity index (χ0n) is 6.44. The Kier molecular flexibility index (Phi) is 12.4. The van der Waals surface area contributed by atoms with Gasteiger partial charge in [0.05, 0.1) is 6.10 Å². The number of aliphatic hydroxyl groups is 1. The average Bonchev–Trinajstić information content (AvgIpc) is 1.65. The molecule has 0 saturated carbocycles. The maximum absolute atomic E-state index is 8.67. The summed E-state index contributed by atoms with van der Waals surface area (Å²) >= 11 is 0. The van der Waals surface area contributed by atoms with Crippen molar-refractivity contribution in [3.8, 4) is 0 Å². The van der Waals surface area contributed by atoms with E-state index < -0.39 is 0 Å². The molecule has 0 fully saturated rings. The summed E-state index contributed by atoms with van der Waals surface area (Å²) in [4.78, 5) is 0. The first kappa shape index (κ1) is 11.4. The number of hydrogen-bond donors (Lipinski definition) is 1. The molecule has 0 heterocycles. The molecule has 0 atom stereocenters. The van der Waals surface area contributed by atoms with E-state index in [4.69, 9.17) is 5.11 Å². The van der Waals surface area contributed by atoms with E-state index in [-0.39, 0.29) is 58.9 Å². The zero-order valence-corrected chi connectivity index (χ0v) is 8.56. The summed E-state index contributed by atoms with van der Waals surface area (Å²) < 4.78 is 0. The molecule has 2 heteroatoms. The monoisotopic (exact) mass is 128 g/mol. The molecule has 0 rings (SSSR count). The maximum atomic E-state index is 8.67. The average molecular weight is 128 g/mol. The van der Waals surface area contributed by atoms with Crippen LogP contribution < -0.4 is 51.4 Å². The Hall–Kier alpha value is 1.60. The van der Waals surface area contributed by atoms with Crippen molar-refractivity contribution in [2.45, 2.75) is 32.8 Å². The van der Waals surface area contributed by atoms with Crippen molar-refractivity contribution in [3.05, 3.63) is 0 Å². The van der Waals surface area contributed by atoms with E-state index in [1.807, 2.05) is 13.8 Å². The molecule has 0 aliphatic heterocycles. The van der Waals surface area contributed by atoms with Gasteiger partial charge >= 0.3 is 51.4 Å². The summed E-state index contributed by atoms with van der Waals surface area (Å²) in [5, 5.41) is 8.67. The summed E-state index contributed by atoms with van der Waals surface area (Å²) in [5.41, 5.74) is 0. The first-order valence-corrected chi connectivity index (χ1v) is 2.49. The molecule has 0 radical (unpaired) electrons. The Balaban J connectivity index is -0.000000125. The number of hydrogen-bond acceptors (Lipinski definition) is 1. The molecule has 0 aliphatic rings. The fourth-order valence-electron chi connectivity index (χ4n) is 0.289. The Morgan fingerprint density at radius 3 is 1.71 bits per heavy atom. The van der Waals surface area contributed by atoms with Gasteiger partial charge < -0.3 is 6.53 Å². The standard InChI is InChI=1S/C5H12O.K.H/c1-3-5(6)4-2;;/h5-6H,3-4H2,1-2H3;;/q;+1;-1. The fraction of sp³-hybridized carbons (Fsp3) is 1.00. The molecule has 0 aromatic heterocycles. The third kappa shape index (κ3) is 7.60. The van der Waals surface area contributed by atoms with Gasteiger partial charge in [-0.15, -0.1) is 0 Å². The van der Waals surface area contributed by atoms with Gasteiger partial charge in [-0.2, -0.15) is 0 Å². The maximum Gasteiger partial charge on any atom is 1.00 e. The number of rotatable bonds is 2. The van der Waals surface area contributed by atoms with Gasteiger partial charge in [-0.3, -0.25) is 0 Å². The van der Waals surface area contributed by atoms with Crippen molar-refractivity contribution in [1.82, 2.24) is 0 Å². The van der Waals surface area contributed by atoms with Crippen LogP contribution in [-0.4, -0.2) is 11.2 Å². The first-order valence-electron chi connectivity index (χ1n) is 2.49. The third-order valence-corrected chi connectivity index (χ3v) is 0.942. The van der Waals surface area contributed by atoms with Gasteiger partial charge in [0, 0.05) is 0 Å². The van der Waals surface area contributed by atoms with E-state index in [0.29, 0.717) is 0 Å². The van der Waals surface area contributed by atoms with Crippen LogP contribution in [0.25, 0.3) is 0 Å². The molecule has 0 saturated heterocycles. The molecule has 0 unspecified atom stereocenters. The minimum absolute atomic E-state index is 0. The summed E-state index contributed by atoms with van der Waals surface area (Å²) in [6, 6.07) is 0. The third-order valence-electron chi connectivity index (χ3n) is 0.942. The zero-order chi connectivity index (χ0) is 4.99. The van der Waals surface area contributed by atoms with Crippen molar-refractivity contribution >= 4 is 0 Å². The smallest absolute Gasteiger partial charge is 1.00 e. The second-order valence-electron chi connectivity index (χ2n) is 1.47. The van der Waals surface area contributed by atoms with E-state index in [2.05, 4.69) is 0 Å². The van der Waals surface area contributed by atoms with E-state index in [9.17, 15) is 0 Å². The summed E-state index contributed by atoms with van der Waals surface area (Å²) in [6.45, 7) is 3.96. The van der Waals surface area contributed by atoms with Crippen LogP contribution in [0.2, 0.25) is 0 Å². The molecule has 0 aliphatic carbocycles. The van der Waals surface area contributed by atoms with Crippen LogP contribution in [0.5, 0.6) is 0 Å². The van der Waals surface area contributed by atoms with Crippen LogP contribution in [0.3, 0.4) is 0 Å². The Bertz CT molecular complexity index is 31.6. The molecular weight excluding hydrogens is 115 g/mol. The fourth-order valence-corrected chi connectivity index (χ4v) is 0.289. The summed E-state index contributed by atoms with van der Waals surface area (Å²) in [6.07, 6.45) is 1.71. The van der Waals surface area contributed by atoms with Crippen LogP contribution in [0.4, 0.5) is 0 Å². The van der Waals surface area contributed by atoms with E-state index in [1.165, 1.54) is 0 Å². The summed E-state index contributed by atoms with van der Waals surface area (Å²) in [5.74, 6) is 0. The molecule has 1 nitrogen and oxygen atoms in total. The molecule has 0 bridgehead atoms. The SMILES string of the molecule is CCC(O)CC.[H-].[K+]. The van der Waals surface area contributed by atoms with Gasteiger partial charge in [0.2, 0.25) is 0 Å². The predicted octanol–water partition coefficient (Wildman–Crippen LogP) is -1.72.